The lowest BCUT2D eigenvalue weighted by Gasteiger charge is -2.12. The van der Waals surface area contributed by atoms with E-state index in [1.54, 1.807) is 24.3 Å². The van der Waals surface area contributed by atoms with Crippen LogP contribution >= 0.6 is 0 Å². The number of amides is 1. The Morgan fingerprint density at radius 1 is 1.21 bits per heavy atom. The summed E-state index contributed by atoms with van der Waals surface area (Å²) in [5.74, 6) is -2.01. The molecule has 0 aliphatic carbocycles. The van der Waals surface area contributed by atoms with Gasteiger partial charge in [-0.3, -0.25) is 9.59 Å². The van der Waals surface area contributed by atoms with E-state index in [0.29, 0.717) is 11.3 Å². The molecule has 102 valence electrons. The van der Waals surface area contributed by atoms with Crippen LogP contribution in [0.2, 0.25) is 0 Å². The Hall–Kier alpha value is -2.37. The second-order valence-corrected chi connectivity index (χ2v) is 4.02. The first-order valence-corrected chi connectivity index (χ1v) is 5.65. The largest absolute Gasteiger partial charge is 0.478 e. The highest BCUT2D eigenvalue weighted by molar-refractivity contribution is 5.88. The highest BCUT2D eigenvalue weighted by atomic mass is 16.6. The summed E-state index contributed by atoms with van der Waals surface area (Å²) >= 11 is 0. The molecule has 0 unspecified atom stereocenters. The number of nitrogens with one attached hydrogen (secondary N) is 1. The summed E-state index contributed by atoms with van der Waals surface area (Å²) in [6.45, 7) is 2.56. The fraction of sp³-hybridized carbons (Fsp3) is 0.308. The summed E-state index contributed by atoms with van der Waals surface area (Å²) < 4.78 is 4.70. The molecule has 0 aliphatic heterocycles. The monoisotopic (exact) mass is 265 g/mol. The highest BCUT2D eigenvalue weighted by Crippen LogP contribution is 2.12. The summed E-state index contributed by atoms with van der Waals surface area (Å²) in [5, 5.41) is 11.5. The normalized spacial score (nSPS) is 11.5. The SMILES string of the molecule is CC(=O)Nc1ccc(C[C@@H](OC(C)=O)C(=O)O)cc1. The quantitative estimate of drug-likeness (QED) is 0.780. The second kappa shape index (κ2) is 6.53. The van der Waals surface area contributed by atoms with Crippen LogP contribution in [-0.4, -0.2) is 29.1 Å². The van der Waals surface area contributed by atoms with Crippen LogP contribution in [0, 0.1) is 0 Å². The third kappa shape index (κ3) is 5.20. The number of rotatable bonds is 5. The molecule has 1 atom stereocenters. The molecule has 0 aromatic heterocycles. The first kappa shape index (κ1) is 14.7. The first-order valence-electron chi connectivity index (χ1n) is 5.65. The van der Waals surface area contributed by atoms with E-state index in [2.05, 4.69) is 5.32 Å². The molecule has 2 N–H and O–H groups in total. The van der Waals surface area contributed by atoms with Crippen molar-refractivity contribution >= 4 is 23.5 Å². The number of benzene rings is 1. The first-order chi connectivity index (χ1) is 8.88. The van der Waals surface area contributed by atoms with Gasteiger partial charge in [-0.15, -0.1) is 0 Å². The molecule has 0 aliphatic rings. The predicted octanol–water partition coefficient (Wildman–Crippen LogP) is 1.20. The van der Waals surface area contributed by atoms with E-state index in [1.807, 2.05) is 0 Å². The zero-order valence-electron chi connectivity index (χ0n) is 10.7. The van der Waals surface area contributed by atoms with E-state index in [1.165, 1.54) is 6.92 Å². The molecule has 19 heavy (non-hydrogen) atoms. The van der Waals surface area contributed by atoms with Crippen molar-refractivity contribution in [3.8, 4) is 0 Å². The molecule has 6 heteroatoms. The van der Waals surface area contributed by atoms with Gasteiger partial charge in [-0.1, -0.05) is 12.1 Å². The fourth-order valence-electron chi connectivity index (χ4n) is 1.52. The Kier molecular flexibility index (Phi) is 5.05. The van der Waals surface area contributed by atoms with Crippen LogP contribution in [0.15, 0.2) is 24.3 Å². The summed E-state index contributed by atoms with van der Waals surface area (Å²) in [7, 11) is 0. The molecule has 0 saturated heterocycles. The van der Waals surface area contributed by atoms with Crippen LogP contribution in [-0.2, 0) is 25.5 Å². The summed E-state index contributed by atoms with van der Waals surface area (Å²) in [5.41, 5.74) is 1.32. The van der Waals surface area contributed by atoms with Crippen molar-refractivity contribution in [1.82, 2.24) is 0 Å². The van der Waals surface area contributed by atoms with Gasteiger partial charge < -0.3 is 15.2 Å². The van der Waals surface area contributed by atoms with Gasteiger partial charge in [0.1, 0.15) is 0 Å². The number of anilines is 1. The number of ether oxygens (including phenoxy) is 1. The number of carbonyl (C=O) groups excluding carboxylic acids is 2. The number of esters is 1. The van der Waals surface area contributed by atoms with Gasteiger partial charge in [0.05, 0.1) is 0 Å². The topological polar surface area (TPSA) is 92.7 Å². The number of hydrogen-bond donors (Lipinski definition) is 2. The lowest BCUT2D eigenvalue weighted by atomic mass is 10.1. The molecule has 0 fully saturated rings. The van der Waals surface area contributed by atoms with Gasteiger partial charge in [0.15, 0.2) is 0 Å². The molecule has 0 bridgehead atoms. The van der Waals surface area contributed by atoms with Gasteiger partial charge >= 0.3 is 11.9 Å². The average molecular weight is 265 g/mol. The van der Waals surface area contributed by atoms with Crippen LogP contribution in [0.3, 0.4) is 0 Å². The Bertz CT molecular complexity index is 480. The highest BCUT2D eigenvalue weighted by Gasteiger charge is 2.20. The zero-order chi connectivity index (χ0) is 14.4. The zero-order valence-corrected chi connectivity index (χ0v) is 10.7. The van der Waals surface area contributed by atoms with E-state index in [4.69, 9.17) is 9.84 Å². The van der Waals surface area contributed by atoms with Crippen molar-refractivity contribution in [2.75, 3.05) is 5.32 Å². The van der Waals surface area contributed by atoms with Crippen LogP contribution < -0.4 is 5.32 Å². The second-order valence-electron chi connectivity index (χ2n) is 4.02. The van der Waals surface area contributed by atoms with Crippen LogP contribution in [0.4, 0.5) is 5.69 Å². The third-order valence-electron chi connectivity index (χ3n) is 2.28. The molecule has 1 aromatic carbocycles. The average Bonchev–Trinajstić information content (AvgIpc) is 2.29. The summed E-state index contributed by atoms with van der Waals surface area (Å²) in [6.07, 6.45) is -1.13. The molecular weight excluding hydrogens is 250 g/mol. The maximum atomic E-state index is 10.9. The maximum absolute atomic E-state index is 10.9. The Labute approximate surface area is 110 Å². The molecule has 1 amide bonds. The lowest BCUT2D eigenvalue weighted by molar-refractivity contribution is -0.162. The third-order valence-corrected chi connectivity index (χ3v) is 2.28. The Balaban J connectivity index is 2.72. The Morgan fingerprint density at radius 2 is 1.79 bits per heavy atom. The van der Waals surface area contributed by atoms with Crippen LogP contribution in [0.1, 0.15) is 19.4 Å². The molecule has 1 rings (SSSR count). The van der Waals surface area contributed by atoms with Gasteiger partial charge in [0, 0.05) is 26.0 Å². The molecular formula is C13H15NO5. The predicted molar refractivity (Wildman–Crippen MR) is 67.6 cm³/mol. The lowest BCUT2D eigenvalue weighted by Crippen LogP contribution is -2.28. The van der Waals surface area contributed by atoms with Crippen LogP contribution in [0.5, 0.6) is 0 Å². The minimum absolute atomic E-state index is 0.0786. The number of carboxylic acids is 1. The minimum atomic E-state index is -1.20. The maximum Gasteiger partial charge on any atom is 0.345 e. The number of hydrogen-bond acceptors (Lipinski definition) is 4. The molecule has 6 nitrogen and oxygen atoms in total. The van der Waals surface area contributed by atoms with Crippen molar-refractivity contribution in [3.05, 3.63) is 29.8 Å². The minimum Gasteiger partial charge on any atom is -0.478 e. The van der Waals surface area contributed by atoms with Crippen molar-refractivity contribution < 1.29 is 24.2 Å². The molecule has 0 saturated carbocycles. The number of carbonyl (C=O) groups is 3. The molecule has 0 radical (unpaired) electrons. The van der Waals surface area contributed by atoms with Gasteiger partial charge in [0.25, 0.3) is 0 Å². The van der Waals surface area contributed by atoms with Crippen molar-refractivity contribution in [3.63, 3.8) is 0 Å². The van der Waals surface area contributed by atoms with Gasteiger partial charge in [-0.2, -0.15) is 0 Å². The number of aliphatic carboxylic acids is 1. The standard InChI is InChI=1S/C13H15NO5/c1-8(15)14-11-5-3-10(4-6-11)7-12(13(17)18)19-9(2)16/h3-6,12H,7H2,1-2H3,(H,14,15)(H,17,18)/t12-/m1/s1. The van der Waals surface area contributed by atoms with Crippen molar-refractivity contribution in [2.45, 2.75) is 26.4 Å². The van der Waals surface area contributed by atoms with E-state index in [0.717, 1.165) is 6.92 Å². The molecule has 0 spiro atoms. The fourth-order valence-corrected chi connectivity index (χ4v) is 1.52. The van der Waals surface area contributed by atoms with E-state index in [9.17, 15) is 14.4 Å². The molecule has 1 aromatic rings. The van der Waals surface area contributed by atoms with E-state index >= 15 is 0 Å². The summed E-state index contributed by atoms with van der Waals surface area (Å²) in [4.78, 5) is 32.5. The van der Waals surface area contributed by atoms with Crippen molar-refractivity contribution in [2.24, 2.45) is 0 Å². The van der Waals surface area contributed by atoms with Crippen molar-refractivity contribution in [1.29, 1.82) is 0 Å². The summed E-state index contributed by atoms with van der Waals surface area (Å²) in [6, 6.07) is 6.66. The van der Waals surface area contributed by atoms with Gasteiger partial charge in [-0.25, -0.2) is 4.79 Å². The van der Waals surface area contributed by atoms with Gasteiger partial charge in [-0.05, 0) is 17.7 Å². The Morgan fingerprint density at radius 3 is 2.21 bits per heavy atom. The number of carboxylic acid groups (broad SMARTS) is 1. The molecule has 0 heterocycles. The van der Waals surface area contributed by atoms with Gasteiger partial charge in [0.2, 0.25) is 12.0 Å². The smallest absolute Gasteiger partial charge is 0.345 e. The van der Waals surface area contributed by atoms with Crippen LogP contribution in [0.25, 0.3) is 0 Å². The van der Waals surface area contributed by atoms with E-state index in [-0.39, 0.29) is 12.3 Å². The van der Waals surface area contributed by atoms with E-state index < -0.39 is 18.0 Å².